The molecule has 1 aliphatic carbocycles. The summed E-state index contributed by atoms with van der Waals surface area (Å²) in [6, 6.07) is 27.9. The molecule has 3 aromatic carbocycles. The van der Waals surface area contributed by atoms with E-state index in [4.69, 9.17) is 23.4 Å². The number of ether oxygens (including phenoxy) is 4. The molecule has 1 N–H and O–H groups in total. The Morgan fingerprint density at radius 2 is 1.53 bits per heavy atom. The highest BCUT2D eigenvalue weighted by atomic mass is 28.4. The van der Waals surface area contributed by atoms with Crippen LogP contribution in [0.4, 0.5) is 0 Å². The molecule has 3 unspecified atom stereocenters. The highest BCUT2D eigenvalue weighted by Crippen LogP contribution is 2.56. The minimum Gasteiger partial charge on any atom is -0.491 e. The first-order valence-corrected chi connectivity index (χ1v) is 25.4. The van der Waals surface area contributed by atoms with E-state index in [-0.39, 0.29) is 53.4 Å². The fourth-order valence-electron chi connectivity index (χ4n) is 8.90. The molecule has 324 valence electrons. The number of carbonyl (C=O) groups excluding carboxylic acids is 1. The number of carbonyl (C=O) groups is 2. The molecule has 1 saturated carbocycles. The molecule has 9 heteroatoms. The van der Waals surface area contributed by atoms with Crippen molar-refractivity contribution in [1.82, 2.24) is 0 Å². The van der Waals surface area contributed by atoms with Crippen LogP contribution in [0, 0.1) is 11.3 Å². The van der Waals surface area contributed by atoms with Crippen molar-refractivity contribution in [3.8, 4) is 16.9 Å². The molecule has 0 amide bonds. The molecule has 5 rings (SSSR count). The van der Waals surface area contributed by atoms with E-state index in [9.17, 15) is 14.7 Å². The lowest BCUT2D eigenvalue weighted by atomic mass is 9.67. The van der Waals surface area contributed by atoms with Crippen LogP contribution in [-0.4, -0.2) is 63.2 Å². The average molecular weight is 829 g/mol. The first-order chi connectivity index (χ1) is 28.3. The van der Waals surface area contributed by atoms with Gasteiger partial charge in [0.25, 0.3) is 0 Å². The number of para-hydroxylation sites is 1. The van der Waals surface area contributed by atoms with Gasteiger partial charge in [0.2, 0.25) is 0 Å². The molecule has 0 aromatic heterocycles. The number of carboxylic acid groups (broad SMARTS) is 1. The largest absolute Gasteiger partial charge is 0.491 e. The Balaban J connectivity index is 1.47. The van der Waals surface area contributed by atoms with Gasteiger partial charge in [-0.25, -0.2) is 4.79 Å². The molecule has 0 spiro atoms. The number of hydrogen-bond acceptors (Lipinski definition) is 7. The predicted molar refractivity (Wildman–Crippen MR) is 238 cm³/mol. The number of aliphatic carboxylic acids is 1. The molecule has 0 bridgehead atoms. The molecule has 0 radical (unpaired) electrons. The SMILES string of the molecule is CCCC[C@]1(CCCCCCC(=O)O)[C@@H](OC(=O)c2ccc(-c3ccccc3)cc2)CC(OC2CCCCO2)[C@@H]1CCC(COc1ccccc1)O[Si](C)(C)C(C)(C)C. The van der Waals surface area contributed by atoms with Crippen LogP contribution in [-0.2, 0) is 23.4 Å². The van der Waals surface area contributed by atoms with Crippen LogP contribution in [0.15, 0.2) is 84.9 Å². The van der Waals surface area contributed by atoms with Gasteiger partial charge in [-0.05, 0) is 111 Å². The Bertz CT molecular complexity index is 1690. The molecule has 6 atom stereocenters. The van der Waals surface area contributed by atoms with E-state index in [1.807, 2.05) is 72.8 Å². The van der Waals surface area contributed by atoms with E-state index < -0.39 is 14.3 Å². The summed E-state index contributed by atoms with van der Waals surface area (Å²) in [6.07, 6.45) is 11.6. The number of carboxylic acids is 1. The van der Waals surface area contributed by atoms with Crippen molar-refractivity contribution < 1.29 is 38.1 Å². The zero-order chi connectivity index (χ0) is 42.3. The van der Waals surface area contributed by atoms with Crippen LogP contribution in [0.2, 0.25) is 18.1 Å². The third-order valence-electron chi connectivity index (χ3n) is 13.2. The third kappa shape index (κ3) is 13.5. The molecule has 1 saturated heterocycles. The van der Waals surface area contributed by atoms with Crippen LogP contribution in [0.5, 0.6) is 5.75 Å². The summed E-state index contributed by atoms with van der Waals surface area (Å²) in [5.41, 5.74) is 2.35. The highest BCUT2D eigenvalue weighted by molar-refractivity contribution is 6.74. The van der Waals surface area contributed by atoms with E-state index >= 15 is 0 Å². The van der Waals surface area contributed by atoms with Crippen molar-refractivity contribution in [3.63, 3.8) is 0 Å². The Morgan fingerprint density at radius 1 is 0.864 bits per heavy atom. The minimum absolute atomic E-state index is 0.0272. The minimum atomic E-state index is -2.17. The van der Waals surface area contributed by atoms with Gasteiger partial charge in [-0.1, -0.05) is 120 Å². The molecular formula is C50H72O8Si. The second-order valence-corrected chi connectivity index (χ2v) is 23.3. The van der Waals surface area contributed by atoms with Crippen molar-refractivity contribution in [3.05, 3.63) is 90.5 Å². The second-order valence-electron chi connectivity index (χ2n) is 18.5. The maximum Gasteiger partial charge on any atom is 0.338 e. The van der Waals surface area contributed by atoms with Gasteiger partial charge in [-0.15, -0.1) is 0 Å². The van der Waals surface area contributed by atoms with Crippen LogP contribution in [0.3, 0.4) is 0 Å². The molecule has 2 fully saturated rings. The van der Waals surface area contributed by atoms with Crippen LogP contribution < -0.4 is 4.74 Å². The van der Waals surface area contributed by atoms with E-state index in [0.29, 0.717) is 31.6 Å². The van der Waals surface area contributed by atoms with Crippen molar-refractivity contribution in [1.29, 1.82) is 0 Å². The molecular weight excluding hydrogens is 757 g/mol. The van der Waals surface area contributed by atoms with E-state index in [1.165, 1.54) is 0 Å². The van der Waals surface area contributed by atoms with Crippen LogP contribution in [0.25, 0.3) is 11.1 Å². The van der Waals surface area contributed by atoms with E-state index in [2.05, 4.69) is 52.9 Å². The predicted octanol–water partition coefficient (Wildman–Crippen LogP) is 12.7. The van der Waals surface area contributed by atoms with Gasteiger partial charge in [0.1, 0.15) is 18.5 Å². The summed E-state index contributed by atoms with van der Waals surface area (Å²) < 4.78 is 33.6. The maximum absolute atomic E-state index is 14.3. The van der Waals surface area contributed by atoms with Gasteiger partial charge in [0.15, 0.2) is 14.6 Å². The lowest BCUT2D eigenvalue weighted by Crippen LogP contribution is -2.46. The van der Waals surface area contributed by atoms with Crippen molar-refractivity contribution in [2.24, 2.45) is 11.3 Å². The van der Waals surface area contributed by atoms with Gasteiger partial charge in [0.05, 0.1) is 17.8 Å². The van der Waals surface area contributed by atoms with Gasteiger partial charge in [-0.2, -0.15) is 0 Å². The third-order valence-corrected chi connectivity index (χ3v) is 17.8. The van der Waals surface area contributed by atoms with Gasteiger partial charge >= 0.3 is 11.9 Å². The highest BCUT2D eigenvalue weighted by Gasteiger charge is 2.57. The standard InChI is InChI=1S/C50H72O8Si/c1-7-8-33-50(34-19-10-9-17-25-46(51)52)43(32-31-42(58-59(5,6)49(2,3)4)37-55-41-23-15-12-16-24-41)44(56-47-26-18-20-35-54-47)36-45(50)57-48(53)40-29-27-39(28-30-40)38-21-13-11-14-22-38/h11-16,21-24,27-30,42-45,47H,7-10,17-20,25-26,31-37H2,1-6H3,(H,51,52)/t42?,43-,44?,45-,47?,50+/m0/s1. The van der Waals surface area contributed by atoms with E-state index in [1.54, 1.807) is 0 Å². The smallest absolute Gasteiger partial charge is 0.338 e. The summed E-state index contributed by atoms with van der Waals surface area (Å²) in [5.74, 6) is -0.142. The number of unbranched alkanes of at least 4 members (excludes halogenated alkanes) is 4. The molecule has 8 nitrogen and oxygen atoms in total. The summed E-state index contributed by atoms with van der Waals surface area (Å²) in [5, 5.41) is 9.32. The lowest BCUT2D eigenvalue weighted by Gasteiger charge is -2.43. The van der Waals surface area contributed by atoms with E-state index in [0.717, 1.165) is 93.9 Å². The zero-order valence-electron chi connectivity index (χ0n) is 36.8. The Labute approximate surface area is 355 Å². The molecule has 1 heterocycles. The van der Waals surface area contributed by atoms with Crippen molar-refractivity contribution >= 4 is 20.3 Å². The molecule has 2 aliphatic rings. The van der Waals surface area contributed by atoms with Crippen LogP contribution in [0.1, 0.15) is 134 Å². The second kappa shape index (κ2) is 22.4. The summed E-state index contributed by atoms with van der Waals surface area (Å²) in [6.45, 7) is 14.8. The van der Waals surface area contributed by atoms with Crippen molar-refractivity contribution in [2.75, 3.05) is 13.2 Å². The zero-order valence-corrected chi connectivity index (χ0v) is 37.8. The fraction of sp³-hybridized carbons (Fsp3) is 0.600. The van der Waals surface area contributed by atoms with Crippen molar-refractivity contribution in [2.45, 2.75) is 167 Å². The normalized spacial score (nSPS) is 22.8. The average Bonchev–Trinajstić information content (AvgIpc) is 3.50. The lowest BCUT2D eigenvalue weighted by molar-refractivity contribution is -0.199. The topological polar surface area (TPSA) is 101 Å². The summed E-state index contributed by atoms with van der Waals surface area (Å²) >= 11 is 0. The summed E-state index contributed by atoms with van der Waals surface area (Å²) in [7, 11) is -2.17. The first kappa shape index (κ1) is 46.6. The Kier molecular flexibility index (Phi) is 17.7. The van der Waals surface area contributed by atoms with Gasteiger partial charge in [0, 0.05) is 24.9 Å². The molecule has 59 heavy (non-hydrogen) atoms. The molecule has 3 aromatic rings. The number of benzene rings is 3. The maximum atomic E-state index is 14.3. The Morgan fingerprint density at radius 3 is 2.17 bits per heavy atom. The number of rotatable bonds is 23. The Hall–Kier alpha value is -3.50. The fourth-order valence-corrected chi connectivity index (χ4v) is 10.3. The van der Waals surface area contributed by atoms with Gasteiger partial charge in [-0.3, -0.25) is 4.79 Å². The quantitative estimate of drug-likeness (QED) is 0.0573. The first-order valence-electron chi connectivity index (χ1n) is 22.5. The number of hydrogen-bond donors (Lipinski definition) is 1. The monoisotopic (exact) mass is 828 g/mol. The number of esters is 1. The van der Waals surface area contributed by atoms with Crippen LogP contribution >= 0.6 is 0 Å². The van der Waals surface area contributed by atoms with Gasteiger partial charge < -0.3 is 28.5 Å². The summed E-state index contributed by atoms with van der Waals surface area (Å²) in [4.78, 5) is 25.6. The molecule has 1 aliphatic heterocycles.